The number of carbonyl (C=O) groups is 2. The lowest BCUT2D eigenvalue weighted by atomic mass is 9.87. The average Bonchev–Trinajstić information content (AvgIpc) is 2.97. The largest absolute Gasteiger partial charge is 1.00 e. The zero-order chi connectivity index (χ0) is 16.1. The third kappa shape index (κ3) is 2.22. The van der Waals surface area contributed by atoms with Gasteiger partial charge in [-0.2, -0.15) is 0 Å². The molecule has 1 heterocycles. The number of nitrogens with zero attached hydrogens (tertiary/aromatic N) is 2. The van der Waals surface area contributed by atoms with Gasteiger partial charge in [-0.25, -0.2) is 9.13 Å². The normalized spacial score (nSPS) is 12.8. The maximum absolute atomic E-state index is 13.0. The molecule has 0 atom stereocenters. The summed E-state index contributed by atoms with van der Waals surface area (Å²) in [5, 5.41) is 1.96. The number of carbonyl (C=O) groups excluding carboxylic acids is 2. The van der Waals surface area contributed by atoms with Crippen LogP contribution in [0.1, 0.15) is 46.0 Å². The first-order chi connectivity index (χ1) is 11.2. The van der Waals surface area contributed by atoms with Crippen LogP contribution < -0.4 is 28.5 Å². The van der Waals surface area contributed by atoms with E-state index in [2.05, 4.69) is 0 Å². The van der Waals surface area contributed by atoms with E-state index in [9.17, 15) is 9.59 Å². The summed E-state index contributed by atoms with van der Waals surface area (Å²) in [6.45, 7) is 5.29. The second-order valence-corrected chi connectivity index (χ2v) is 5.79. The Balaban J connectivity index is 0.00000169. The summed E-state index contributed by atoms with van der Waals surface area (Å²) >= 11 is 0. The highest BCUT2D eigenvalue weighted by Crippen LogP contribution is 2.29. The van der Waals surface area contributed by atoms with Crippen molar-refractivity contribution in [3.8, 4) is 0 Å². The molecule has 4 nitrogen and oxygen atoms in total. The molecule has 0 bridgehead atoms. The summed E-state index contributed by atoms with van der Waals surface area (Å²) in [4.78, 5) is 26.0. The summed E-state index contributed by atoms with van der Waals surface area (Å²) in [5.41, 5.74) is 2.05. The molecular formula is C19H17IN2O2. The Morgan fingerprint density at radius 1 is 0.958 bits per heavy atom. The van der Waals surface area contributed by atoms with Crippen molar-refractivity contribution in [3.63, 3.8) is 0 Å². The van der Waals surface area contributed by atoms with Gasteiger partial charge in [-0.1, -0.05) is 24.3 Å². The van der Waals surface area contributed by atoms with Crippen molar-refractivity contribution < 1.29 is 38.1 Å². The van der Waals surface area contributed by atoms with E-state index in [0.717, 1.165) is 10.8 Å². The number of benzene rings is 2. The predicted molar refractivity (Wildman–Crippen MR) is 86.8 cm³/mol. The SMILES string of the molecule is CCn1c[n+](CC)c2c1C(=O)c1cc3ccccc3cc1C2=O.[I-]. The molecule has 0 fully saturated rings. The van der Waals surface area contributed by atoms with E-state index < -0.39 is 0 Å². The van der Waals surface area contributed by atoms with E-state index in [1.54, 1.807) is 0 Å². The molecule has 0 N–H and O–H groups in total. The fourth-order valence-corrected chi connectivity index (χ4v) is 3.38. The van der Waals surface area contributed by atoms with Crippen molar-refractivity contribution in [2.75, 3.05) is 0 Å². The molecule has 0 aliphatic heterocycles. The van der Waals surface area contributed by atoms with E-state index in [1.807, 2.05) is 65.7 Å². The number of fused-ring (bicyclic) bond motifs is 3. The van der Waals surface area contributed by atoms with Gasteiger partial charge < -0.3 is 24.0 Å². The number of imidazole rings is 1. The van der Waals surface area contributed by atoms with Crippen molar-refractivity contribution in [2.24, 2.45) is 0 Å². The number of hydrogen-bond acceptors (Lipinski definition) is 2. The van der Waals surface area contributed by atoms with Crippen molar-refractivity contribution in [3.05, 3.63) is 65.2 Å². The number of halogens is 1. The van der Waals surface area contributed by atoms with Gasteiger partial charge in [0.05, 0.1) is 13.1 Å². The van der Waals surface area contributed by atoms with Crippen LogP contribution in [0.5, 0.6) is 0 Å². The zero-order valence-electron chi connectivity index (χ0n) is 13.5. The molecule has 4 rings (SSSR count). The smallest absolute Gasteiger partial charge is 0.244 e. The minimum absolute atomic E-state index is 0. The van der Waals surface area contributed by atoms with Gasteiger partial charge in [0.15, 0.2) is 0 Å². The molecule has 0 spiro atoms. The Labute approximate surface area is 157 Å². The molecule has 1 aromatic heterocycles. The first-order valence-corrected chi connectivity index (χ1v) is 7.90. The van der Waals surface area contributed by atoms with Crippen LogP contribution in [0.25, 0.3) is 10.8 Å². The van der Waals surface area contributed by atoms with Crippen LogP contribution in [0.15, 0.2) is 42.7 Å². The lowest BCUT2D eigenvalue weighted by Crippen LogP contribution is -3.00. The summed E-state index contributed by atoms with van der Waals surface area (Å²) in [5.74, 6) is -0.121. The van der Waals surface area contributed by atoms with Gasteiger partial charge in [0.1, 0.15) is 0 Å². The maximum Gasteiger partial charge on any atom is 0.244 e. The first kappa shape index (κ1) is 16.8. The number of hydrogen-bond donors (Lipinski definition) is 0. The Morgan fingerprint density at radius 3 is 2.08 bits per heavy atom. The van der Waals surface area contributed by atoms with Crippen molar-refractivity contribution >= 4 is 22.3 Å². The second-order valence-electron chi connectivity index (χ2n) is 5.79. The van der Waals surface area contributed by atoms with Crippen LogP contribution >= 0.6 is 0 Å². The summed E-state index contributed by atoms with van der Waals surface area (Å²) in [7, 11) is 0. The van der Waals surface area contributed by atoms with Crippen molar-refractivity contribution in [1.29, 1.82) is 0 Å². The van der Waals surface area contributed by atoms with E-state index in [1.165, 1.54) is 0 Å². The van der Waals surface area contributed by atoms with Crippen LogP contribution in [-0.2, 0) is 13.1 Å². The number of aryl methyl sites for hydroxylation is 2. The zero-order valence-corrected chi connectivity index (χ0v) is 15.7. The molecule has 122 valence electrons. The fourth-order valence-electron chi connectivity index (χ4n) is 3.38. The highest BCUT2D eigenvalue weighted by atomic mass is 127. The van der Waals surface area contributed by atoms with Crippen LogP contribution in [0.3, 0.4) is 0 Å². The topological polar surface area (TPSA) is 43.0 Å². The molecule has 1 aliphatic rings. The van der Waals surface area contributed by atoms with Gasteiger partial charge >= 0.3 is 0 Å². The fraction of sp³-hybridized carbons (Fsp3) is 0.211. The van der Waals surface area contributed by atoms with Gasteiger partial charge in [-0.05, 0) is 36.8 Å². The molecule has 0 amide bonds. The van der Waals surface area contributed by atoms with Crippen LogP contribution in [0, 0.1) is 0 Å². The van der Waals surface area contributed by atoms with Gasteiger partial charge in [-0.3, -0.25) is 9.59 Å². The van der Waals surface area contributed by atoms with Gasteiger partial charge in [0.25, 0.3) is 0 Å². The molecule has 0 saturated carbocycles. The molecule has 5 heteroatoms. The minimum atomic E-state index is -0.0607. The van der Waals surface area contributed by atoms with E-state index >= 15 is 0 Å². The van der Waals surface area contributed by atoms with Gasteiger partial charge in [-0.15, -0.1) is 0 Å². The quantitative estimate of drug-likeness (QED) is 0.324. The first-order valence-electron chi connectivity index (χ1n) is 7.90. The van der Waals surface area contributed by atoms with Crippen LogP contribution in [0.2, 0.25) is 0 Å². The Morgan fingerprint density at radius 2 is 1.54 bits per heavy atom. The highest BCUT2D eigenvalue weighted by molar-refractivity contribution is 6.27. The minimum Gasteiger partial charge on any atom is -1.00 e. The van der Waals surface area contributed by atoms with E-state index in [-0.39, 0.29) is 35.5 Å². The Bertz CT molecular complexity index is 911. The van der Waals surface area contributed by atoms with Crippen molar-refractivity contribution in [2.45, 2.75) is 26.9 Å². The molecule has 0 unspecified atom stereocenters. The Hall–Kier alpha value is -2.02. The van der Waals surface area contributed by atoms with Crippen LogP contribution in [0.4, 0.5) is 0 Å². The van der Waals surface area contributed by atoms with E-state index in [4.69, 9.17) is 0 Å². The van der Waals surface area contributed by atoms with Gasteiger partial charge in [0.2, 0.25) is 29.3 Å². The Kier molecular flexibility index (Phi) is 4.29. The predicted octanol–water partition coefficient (Wildman–Crippen LogP) is -0.252. The molecule has 24 heavy (non-hydrogen) atoms. The lowest BCUT2D eigenvalue weighted by molar-refractivity contribution is -0.694. The molecule has 2 aromatic carbocycles. The standard InChI is InChI=1S/C19H17N2O2.HI/c1-3-20-11-21(4-2)17-16(20)18(22)14-9-12-7-5-6-8-13(12)10-15(14)19(17)23;/h5-11H,3-4H2,1-2H3;1H/q+1;/p-1. The molecule has 3 aromatic rings. The number of aromatic nitrogens is 2. The van der Waals surface area contributed by atoms with Crippen LogP contribution in [-0.4, -0.2) is 16.1 Å². The molecule has 0 radical (unpaired) electrons. The lowest BCUT2D eigenvalue weighted by Gasteiger charge is -2.14. The molecule has 0 saturated heterocycles. The molecule has 1 aliphatic carbocycles. The monoisotopic (exact) mass is 432 g/mol. The maximum atomic E-state index is 13.0. The summed E-state index contributed by atoms with van der Waals surface area (Å²) in [6, 6.07) is 11.5. The second kappa shape index (κ2) is 6.12. The highest BCUT2D eigenvalue weighted by Gasteiger charge is 2.40. The van der Waals surface area contributed by atoms with E-state index in [0.29, 0.717) is 35.6 Å². The van der Waals surface area contributed by atoms with Gasteiger partial charge in [0, 0.05) is 11.1 Å². The summed E-state index contributed by atoms with van der Waals surface area (Å²) < 4.78 is 3.74. The number of rotatable bonds is 2. The average molecular weight is 432 g/mol. The van der Waals surface area contributed by atoms with Crippen molar-refractivity contribution in [1.82, 2.24) is 4.57 Å². The molecular weight excluding hydrogens is 415 g/mol. The third-order valence-electron chi connectivity index (χ3n) is 4.56. The third-order valence-corrected chi connectivity index (χ3v) is 4.56. The summed E-state index contributed by atoms with van der Waals surface area (Å²) in [6.07, 6.45) is 1.87. The number of ketones is 2.